The van der Waals surface area contributed by atoms with Crippen LogP contribution in [0.5, 0.6) is 5.75 Å². The van der Waals surface area contributed by atoms with Crippen molar-refractivity contribution in [3.8, 4) is 5.75 Å². The Labute approximate surface area is 90.9 Å². The summed E-state index contributed by atoms with van der Waals surface area (Å²) in [5.74, 6) is 0.430. The Morgan fingerprint density at radius 2 is 1.87 bits per heavy atom. The number of benzene rings is 1. The number of phenols is 1. The van der Waals surface area contributed by atoms with Gasteiger partial charge in [-0.1, -0.05) is 32.0 Å². The van der Waals surface area contributed by atoms with Crippen LogP contribution >= 0.6 is 0 Å². The highest BCUT2D eigenvalue weighted by atomic mass is 16.3. The van der Waals surface area contributed by atoms with E-state index >= 15 is 0 Å². The molecule has 1 unspecified atom stereocenters. The third-order valence-corrected chi connectivity index (χ3v) is 2.42. The number of aromatic hydroxyl groups is 1. The molecule has 0 heterocycles. The molecular weight excluding hydrogens is 188 g/mol. The fraction of sp³-hybridized carbons (Fsp3) is 0.385. The van der Waals surface area contributed by atoms with Gasteiger partial charge in [0, 0.05) is 5.56 Å². The lowest BCUT2D eigenvalue weighted by Gasteiger charge is -2.15. The van der Waals surface area contributed by atoms with Gasteiger partial charge in [-0.2, -0.15) is 0 Å². The molecule has 2 N–H and O–H groups in total. The molecular formula is C13H18O2. The molecule has 82 valence electrons. The fourth-order valence-corrected chi connectivity index (χ4v) is 1.47. The van der Waals surface area contributed by atoms with E-state index in [0.717, 1.165) is 11.1 Å². The minimum absolute atomic E-state index is 0.187. The quantitative estimate of drug-likeness (QED) is 0.798. The highest BCUT2D eigenvalue weighted by Crippen LogP contribution is 2.21. The van der Waals surface area contributed by atoms with Crippen LogP contribution in [0.1, 0.15) is 26.3 Å². The maximum Gasteiger partial charge on any atom is 0.122 e. The summed E-state index contributed by atoms with van der Waals surface area (Å²) < 4.78 is 0. The highest BCUT2D eigenvalue weighted by molar-refractivity contribution is 5.59. The molecule has 15 heavy (non-hydrogen) atoms. The predicted octanol–water partition coefficient (Wildman–Crippen LogP) is 2.81. The molecule has 0 spiro atoms. The summed E-state index contributed by atoms with van der Waals surface area (Å²) in [4.78, 5) is 0. The third-order valence-electron chi connectivity index (χ3n) is 2.42. The van der Waals surface area contributed by atoms with Crippen molar-refractivity contribution in [1.82, 2.24) is 0 Å². The minimum atomic E-state index is -0.454. The maximum absolute atomic E-state index is 9.80. The van der Waals surface area contributed by atoms with Crippen LogP contribution in [0.4, 0.5) is 0 Å². The normalized spacial score (nSPS) is 14.3. The number of aliphatic hydroxyl groups excluding tert-OH is 1. The molecule has 0 saturated heterocycles. The first-order valence-corrected chi connectivity index (χ1v) is 5.16. The Hall–Kier alpha value is -1.28. The highest BCUT2D eigenvalue weighted by Gasteiger charge is 2.11. The number of phenolic OH excluding ortho intramolecular Hbond substituents is 1. The molecule has 0 aliphatic carbocycles. The summed E-state index contributed by atoms with van der Waals surface area (Å²) in [5, 5.41) is 19.4. The van der Waals surface area contributed by atoms with Crippen molar-refractivity contribution in [2.45, 2.75) is 26.9 Å². The lowest BCUT2D eigenvalue weighted by Crippen LogP contribution is -2.15. The van der Waals surface area contributed by atoms with Crippen LogP contribution in [0.3, 0.4) is 0 Å². The smallest absolute Gasteiger partial charge is 0.122 e. The van der Waals surface area contributed by atoms with Crippen molar-refractivity contribution in [1.29, 1.82) is 0 Å². The summed E-state index contributed by atoms with van der Waals surface area (Å²) in [6.45, 7) is 5.80. The molecule has 0 saturated carbocycles. The number of aliphatic hydroxyl groups is 1. The van der Waals surface area contributed by atoms with Crippen LogP contribution in [0.2, 0.25) is 0 Å². The molecule has 0 aliphatic heterocycles. The van der Waals surface area contributed by atoms with Gasteiger partial charge in [-0.3, -0.25) is 0 Å². The topological polar surface area (TPSA) is 40.5 Å². The standard InChI is InChI=1S/C13H18O2/c1-9(2)13(15)10(3)8-11-6-4-5-7-12(11)14/h4-9,13-15H,1-3H3. The molecule has 2 heteroatoms. The summed E-state index contributed by atoms with van der Waals surface area (Å²) in [5.41, 5.74) is 1.61. The molecule has 0 bridgehead atoms. The van der Waals surface area contributed by atoms with Crippen LogP contribution < -0.4 is 0 Å². The van der Waals surface area contributed by atoms with E-state index in [2.05, 4.69) is 0 Å². The van der Waals surface area contributed by atoms with Crippen molar-refractivity contribution in [2.24, 2.45) is 5.92 Å². The average Bonchev–Trinajstić information content (AvgIpc) is 2.20. The first-order chi connectivity index (χ1) is 7.02. The van der Waals surface area contributed by atoms with Gasteiger partial charge in [0.2, 0.25) is 0 Å². The summed E-state index contributed by atoms with van der Waals surface area (Å²) in [7, 11) is 0. The van der Waals surface area contributed by atoms with Gasteiger partial charge in [0.15, 0.2) is 0 Å². The van der Waals surface area contributed by atoms with Crippen LogP contribution in [-0.2, 0) is 0 Å². The van der Waals surface area contributed by atoms with E-state index in [1.165, 1.54) is 0 Å². The number of rotatable bonds is 3. The molecule has 1 atom stereocenters. The molecule has 0 aromatic heterocycles. The Morgan fingerprint density at radius 1 is 1.27 bits per heavy atom. The second-order valence-electron chi connectivity index (χ2n) is 4.14. The minimum Gasteiger partial charge on any atom is -0.507 e. The van der Waals surface area contributed by atoms with E-state index in [4.69, 9.17) is 0 Å². The van der Waals surface area contributed by atoms with Crippen LogP contribution in [0, 0.1) is 5.92 Å². The number of para-hydroxylation sites is 1. The van der Waals surface area contributed by atoms with Gasteiger partial charge in [-0.05, 0) is 30.6 Å². The van der Waals surface area contributed by atoms with Crippen molar-refractivity contribution in [3.05, 3.63) is 35.4 Å². The van der Waals surface area contributed by atoms with Gasteiger partial charge >= 0.3 is 0 Å². The second kappa shape index (κ2) is 4.99. The monoisotopic (exact) mass is 206 g/mol. The first kappa shape index (κ1) is 11.8. The lowest BCUT2D eigenvalue weighted by molar-refractivity contribution is 0.161. The van der Waals surface area contributed by atoms with E-state index < -0.39 is 6.10 Å². The molecule has 0 amide bonds. The van der Waals surface area contributed by atoms with Gasteiger partial charge in [0.25, 0.3) is 0 Å². The summed E-state index contributed by atoms with van der Waals surface area (Å²) in [6, 6.07) is 7.11. The van der Waals surface area contributed by atoms with Crippen LogP contribution in [0.15, 0.2) is 29.8 Å². The Bertz CT molecular complexity index is 353. The van der Waals surface area contributed by atoms with Crippen molar-refractivity contribution >= 4 is 6.08 Å². The van der Waals surface area contributed by atoms with Gasteiger partial charge in [-0.25, -0.2) is 0 Å². The molecule has 1 rings (SSSR count). The zero-order valence-electron chi connectivity index (χ0n) is 9.44. The number of hydrogen-bond acceptors (Lipinski definition) is 2. The van der Waals surface area contributed by atoms with Crippen molar-refractivity contribution in [2.75, 3.05) is 0 Å². The molecule has 0 radical (unpaired) electrons. The first-order valence-electron chi connectivity index (χ1n) is 5.16. The molecule has 1 aromatic carbocycles. The Balaban J connectivity index is 2.92. The zero-order valence-corrected chi connectivity index (χ0v) is 9.44. The third kappa shape index (κ3) is 3.10. The summed E-state index contributed by atoms with van der Waals surface area (Å²) >= 11 is 0. The lowest BCUT2D eigenvalue weighted by atomic mass is 9.98. The van der Waals surface area contributed by atoms with Gasteiger partial charge in [0.05, 0.1) is 6.10 Å². The van der Waals surface area contributed by atoms with Gasteiger partial charge < -0.3 is 10.2 Å². The van der Waals surface area contributed by atoms with E-state index in [9.17, 15) is 10.2 Å². The Kier molecular flexibility index (Phi) is 3.92. The van der Waals surface area contributed by atoms with Gasteiger partial charge in [-0.15, -0.1) is 0 Å². The predicted molar refractivity (Wildman–Crippen MR) is 62.6 cm³/mol. The van der Waals surface area contributed by atoms with E-state index in [1.54, 1.807) is 12.1 Å². The SMILES string of the molecule is CC(=Cc1ccccc1O)C(O)C(C)C. The van der Waals surface area contributed by atoms with Crippen molar-refractivity contribution < 1.29 is 10.2 Å². The van der Waals surface area contributed by atoms with E-state index in [-0.39, 0.29) is 11.7 Å². The average molecular weight is 206 g/mol. The molecule has 0 aliphatic rings. The zero-order chi connectivity index (χ0) is 11.4. The second-order valence-corrected chi connectivity index (χ2v) is 4.14. The van der Waals surface area contributed by atoms with Gasteiger partial charge in [0.1, 0.15) is 5.75 Å². The molecule has 0 fully saturated rings. The molecule has 1 aromatic rings. The largest absolute Gasteiger partial charge is 0.507 e. The molecule has 2 nitrogen and oxygen atoms in total. The van der Waals surface area contributed by atoms with E-state index in [1.807, 2.05) is 39.0 Å². The van der Waals surface area contributed by atoms with Crippen LogP contribution in [0.25, 0.3) is 6.08 Å². The Morgan fingerprint density at radius 3 is 2.40 bits per heavy atom. The van der Waals surface area contributed by atoms with Crippen LogP contribution in [-0.4, -0.2) is 16.3 Å². The number of hydrogen-bond donors (Lipinski definition) is 2. The maximum atomic E-state index is 9.80. The van der Waals surface area contributed by atoms with E-state index in [0.29, 0.717) is 0 Å². The van der Waals surface area contributed by atoms with Crippen molar-refractivity contribution in [3.63, 3.8) is 0 Å². The summed E-state index contributed by atoms with van der Waals surface area (Å²) in [6.07, 6.45) is 1.37. The fourth-order valence-electron chi connectivity index (χ4n) is 1.47.